The lowest BCUT2D eigenvalue weighted by atomic mass is 10.1. The molecule has 0 radical (unpaired) electrons. The molecule has 0 saturated carbocycles. The number of methoxy groups -OCH3 is 2. The van der Waals surface area contributed by atoms with Gasteiger partial charge in [0, 0.05) is 30.9 Å². The Kier molecular flexibility index (Phi) is 8.77. The van der Waals surface area contributed by atoms with Crippen LogP contribution >= 0.6 is 0 Å². The van der Waals surface area contributed by atoms with Crippen molar-refractivity contribution in [1.82, 2.24) is 4.90 Å². The van der Waals surface area contributed by atoms with Crippen molar-refractivity contribution in [1.29, 1.82) is 0 Å². The number of sulfonamides is 1. The van der Waals surface area contributed by atoms with Crippen LogP contribution in [0.2, 0.25) is 0 Å². The minimum absolute atomic E-state index is 0.178. The molecular formula is C28H30F3N3O5S. The van der Waals surface area contributed by atoms with E-state index in [4.69, 9.17) is 9.47 Å². The Labute approximate surface area is 231 Å². The van der Waals surface area contributed by atoms with E-state index in [0.29, 0.717) is 37.6 Å². The average Bonchev–Trinajstić information content (AvgIpc) is 3.47. The van der Waals surface area contributed by atoms with Crippen LogP contribution in [0.3, 0.4) is 0 Å². The molecule has 1 saturated heterocycles. The van der Waals surface area contributed by atoms with Gasteiger partial charge >= 0.3 is 6.18 Å². The summed E-state index contributed by atoms with van der Waals surface area (Å²) >= 11 is 0. The fourth-order valence-electron chi connectivity index (χ4n) is 4.47. The predicted octanol–water partition coefficient (Wildman–Crippen LogP) is 5.41. The number of carbonyl (C=O) groups is 1. The summed E-state index contributed by atoms with van der Waals surface area (Å²) in [6.07, 6.45) is -2.41. The Morgan fingerprint density at radius 3 is 2.35 bits per heavy atom. The number of rotatable bonds is 10. The van der Waals surface area contributed by atoms with Crippen LogP contribution in [0.25, 0.3) is 0 Å². The number of carbonyl (C=O) groups excluding carboxylic acids is 1. The number of alkyl halides is 3. The van der Waals surface area contributed by atoms with Crippen molar-refractivity contribution < 1.29 is 35.9 Å². The van der Waals surface area contributed by atoms with E-state index in [2.05, 4.69) is 10.0 Å². The molecule has 0 atom stereocenters. The second-order valence-electron chi connectivity index (χ2n) is 9.26. The largest absolute Gasteiger partial charge is 0.493 e. The minimum atomic E-state index is -4.64. The fourth-order valence-corrected chi connectivity index (χ4v) is 5.73. The Bertz CT molecular complexity index is 1470. The molecule has 1 aliphatic rings. The molecule has 40 heavy (non-hydrogen) atoms. The number of anilines is 2. The number of halogens is 3. The number of hydrogen-bond donors (Lipinski definition) is 2. The van der Waals surface area contributed by atoms with Gasteiger partial charge in [0.1, 0.15) is 4.90 Å². The van der Waals surface area contributed by atoms with Crippen LogP contribution in [-0.2, 0) is 22.6 Å². The summed E-state index contributed by atoms with van der Waals surface area (Å²) in [6.45, 7) is 1.48. The lowest BCUT2D eigenvalue weighted by Gasteiger charge is -2.19. The van der Waals surface area contributed by atoms with Gasteiger partial charge in [-0.15, -0.1) is 0 Å². The summed E-state index contributed by atoms with van der Waals surface area (Å²) in [5, 5.41) is 3.09. The molecule has 0 bridgehead atoms. The predicted molar refractivity (Wildman–Crippen MR) is 146 cm³/mol. The van der Waals surface area contributed by atoms with E-state index in [0.717, 1.165) is 36.6 Å². The van der Waals surface area contributed by atoms with Crippen molar-refractivity contribution in [2.24, 2.45) is 0 Å². The zero-order valence-electron chi connectivity index (χ0n) is 22.0. The molecule has 1 aliphatic heterocycles. The number of nitrogens with zero attached hydrogens (tertiary/aromatic N) is 1. The van der Waals surface area contributed by atoms with E-state index < -0.39 is 21.8 Å². The van der Waals surface area contributed by atoms with Crippen molar-refractivity contribution in [2.75, 3.05) is 43.9 Å². The van der Waals surface area contributed by atoms with Crippen LogP contribution in [0, 0.1) is 0 Å². The highest BCUT2D eigenvalue weighted by Gasteiger charge is 2.31. The van der Waals surface area contributed by atoms with E-state index >= 15 is 0 Å². The zero-order chi connectivity index (χ0) is 28.9. The first kappa shape index (κ1) is 29.1. The van der Waals surface area contributed by atoms with Crippen molar-refractivity contribution in [3.05, 3.63) is 77.4 Å². The highest BCUT2D eigenvalue weighted by Crippen LogP contribution is 2.33. The minimum Gasteiger partial charge on any atom is -0.493 e. The number of benzene rings is 3. The van der Waals surface area contributed by atoms with Crippen molar-refractivity contribution in [3.8, 4) is 11.5 Å². The average molecular weight is 578 g/mol. The number of ether oxygens (including phenoxy) is 2. The maximum atomic E-state index is 13.5. The van der Waals surface area contributed by atoms with Crippen LogP contribution in [-0.4, -0.2) is 53.1 Å². The molecule has 214 valence electrons. The SMILES string of the molecule is COc1ccc(CCNc2ccc(C(=O)N3CCCC3)cc2S(=O)(=O)Nc2cccc(C(F)(F)F)c2)cc1OC. The van der Waals surface area contributed by atoms with Gasteiger partial charge in [-0.1, -0.05) is 12.1 Å². The molecule has 1 heterocycles. The third kappa shape index (κ3) is 6.79. The molecule has 8 nitrogen and oxygen atoms in total. The third-order valence-electron chi connectivity index (χ3n) is 6.53. The standard InChI is InChI=1S/C28H30F3N3O5S/c1-38-24-11-8-19(16-25(24)39-2)12-13-32-23-10-9-20(27(35)34-14-3-4-15-34)17-26(23)40(36,37)33-22-7-5-6-21(18-22)28(29,30)31/h5-11,16-18,32-33H,3-4,12-15H2,1-2H3. The summed E-state index contributed by atoms with van der Waals surface area (Å²) in [5.41, 5.74) is 0.0495. The van der Waals surface area contributed by atoms with Gasteiger partial charge in [0.05, 0.1) is 25.5 Å². The second kappa shape index (κ2) is 12.1. The molecular weight excluding hydrogens is 547 g/mol. The van der Waals surface area contributed by atoms with Crippen LogP contribution in [0.5, 0.6) is 11.5 Å². The van der Waals surface area contributed by atoms with Gasteiger partial charge in [-0.3, -0.25) is 9.52 Å². The molecule has 1 fully saturated rings. The summed E-state index contributed by atoms with van der Waals surface area (Å²) < 4.78 is 79.4. The van der Waals surface area contributed by atoms with Gasteiger partial charge in [-0.2, -0.15) is 13.2 Å². The summed E-state index contributed by atoms with van der Waals surface area (Å²) in [6, 6.07) is 13.7. The molecule has 1 amide bonds. The summed E-state index contributed by atoms with van der Waals surface area (Å²) in [4.78, 5) is 14.4. The van der Waals surface area contributed by atoms with Crippen LogP contribution in [0.4, 0.5) is 24.5 Å². The van der Waals surface area contributed by atoms with Gasteiger partial charge < -0.3 is 19.7 Å². The number of likely N-dealkylation sites (tertiary alicyclic amines) is 1. The molecule has 4 rings (SSSR count). The number of hydrogen-bond acceptors (Lipinski definition) is 6. The van der Waals surface area contributed by atoms with E-state index in [1.165, 1.54) is 32.4 Å². The first-order valence-electron chi connectivity index (χ1n) is 12.6. The molecule has 0 unspecified atom stereocenters. The highest BCUT2D eigenvalue weighted by molar-refractivity contribution is 7.92. The topological polar surface area (TPSA) is 97.0 Å². The molecule has 0 spiro atoms. The van der Waals surface area contributed by atoms with Crippen molar-refractivity contribution in [2.45, 2.75) is 30.3 Å². The third-order valence-corrected chi connectivity index (χ3v) is 7.95. The quantitative estimate of drug-likeness (QED) is 0.334. The molecule has 12 heteroatoms. The lowest BCUT2D eigenvalue weighted by molar-refractivity contribution is -0.137. The highest BCUT2D eigenvalue weighted by atomic mass is 32.2. The Morgan fingerprint density at radius 2 is 1.68 bits per heavy atom. The van der Waals surface area contributed by atoms with Gasteiger partial charge in [-0.05, 0) is 73.4 Å². The molecule has 0 aromatic heterocycles. The molecule has 3 aromatic rings. The van der Waals surface area contributed by atoms with E-state index in [1.807, 2.05) is 12.1 Å². The maximum Gasteiger partial charge on any atom is 0.416 e. The van der Waals surface area contributed by atoms with Crippen molar-refractivity contribution >= 4 is 27.3 Å². The Hall–Kier alpha value is -3.93. The second-order valence-corrected chi connectivity index (χ2v) is 10.9. The van der Waals surface area contributed by atoms with E-state index in [9.17, 15) is 26.4 Å². The summed E-state index contributed by atoms with van der Waals surface area (Å²) in [7, 11) is -1.33. The van der Waals surface area contributed by atoms with Gasteiger partial charge in [0.15, 0.2) is 11.5 Å². The molecule has 2 N–H and O–H groups in total. The Morgan fingerprint density at radius 1 is 0.950 bits per heavy atom. The Balaban J connectivity index is 1.62. The van der Waals surface area contributed by atoms with Crippen LogP contribution in [0.1, 0.15) is 34.3 Å². The lowest BCUT2D eigenvalue weighted by Crippen LogP contribution is -2.28. The van der Waals surface area contributed by atoms with E-state index in [-0.39, 0.29) is 27.7 Å². The summed E-state index contributed by atoms with van der Waals surface area (Å²) in [5.74, 6) is 0.828. The van der Waals surface area contributed by atoms with Gasteiger partial charge in [0.25, 0.3) is 15.9 Å². The van der Waals surface area contributed by atoms with Crippen LogP contribution < -0.4 is 19.5 Å². The molecule has 3 aromatic carbocycles. The van der Waals surface area contributed by atoms with Gasteiger partial charge in [0.2, 0.25) is 0 Å². The first-order valence-corrected chi connectivity index (χ1v) is 14.1. The monoisotopic (exact) mass is 577 g/mol. The molecule has 0 aliphatic carbocycles. The smallest absolute Gasteiger partial charge is 0.416 e. The number of amides is 1. The number of nitrogens with one attached hydrogen (secondary N) is 2. The fraction of sp³-hybridized carbons (Fsp3) is 0.321. The zero-order valence-corrected chi connectivity index (χ0v) is 22.9. The van der Waals surface area contributed by atoms with Crippen LogP contribution in [0.15, 0.2) is 65.6 Å². The first-order chi connectivity index (χ1) is 19.0. The van der Waals surface area contributed by atoms with Gasteiger partial charge in [-0.25, -0.2) is 8.42 Å². The van der Waals surface area contributed by atoms with E-state index in [1.54, 1.807) is 17.0 Å². The van der Waals surface area contributed by atoms with Crippen molar-refractivity contribution in [3.63, 3.8) is 0 Å². The maximum absolute atomic E-state index is 13.5. The normalized spacial score (nSPS) is 13.7.